The van der Waals surface area contributed by atoms with Gasteiger partial charge in [0.25, 0.3) is 0 Å². The molecule has 0 aromatic heterocycles. The summed E-state index contributed by atoms with van der Waals surface area (Å²) in [6, 6.07) is 14.1. The van der Waals surface area contributed by atoms with Gasteiger partial charge in [0, 0.05) is 17.5 Å². The molecular formula is C23H22O5. The molecule has 0 bridgehead atoms. The fourth-order valence-corrected chi connectivity index (χ4v) is 4.11. The lowest BCUT2D eigenvalue weighted by molar-refractivity contribution is 0.372. The Kier molecular flexibility index (Phi) is 4.51. The lowest BCUT2D eigenvalue weighted by Crippen LogP contribution is -2.08. The van der Waals surface area contributed by atoms with E-state index in [4.69, 9.17) is 9.47 Å². The van der Waals surface area contributed by atoms with E-state index < -0.39 is 0 Å². The predicted molar refractivity (Wildman–Crippen MR) is 106 cm³/mol. The maximum Gasteiger partial charge on any atom is 0.160 e. The van der Waals surface area contributed by atoms with Crippen molar-refractivity contribution < 1.29 is 24.8 Å². The highest BCUT2D eigenvalue weighted by atomic mass is 16.5. The summed E-state index contributed by atoms with van der Waals surface area (Å²) in [5, 5.41) is 30.2. The molecule has 5 heteroatoms. The Morgan fingerprint density at radius 2 is 1.46 bits per heavy atom. The number of methoxy groups -OCH3 is 2. The van der Waals surface area contributed by atoms with E-state index in [0.717, 1.165) is 34.2 Å². The van der Waals surface area contributed by atoms with Crippen molar-refractivity contribution in [3.8, 4) is 28.7 Å². The van der Waals surface area contributed by atoms with Crippen molar-refractivity contribution in [1.82, 2.24) is 0 Å². The molecule has 144 valence electrons. The van der Waals surface area contributed by atoms with Gasteiger partial charge in [-0.2, -0.15) is 0 Å². The molecule has 1 aliphatic rings. The van der Waals surface area contributed by atoms with Gasteiger partial charge >= 0.3 is 0 Å². The molecular weight excluding hydrogens is 356 g/mol. The predicted octanol–water partition coefficient (Wildman–Crippen LogP) is 4.10. The van der Waals surface area contributed by atoms with Crippen LogP contribution in [0.3, 0.4) is 0 Å². The highest BCUT2D eigenvalue weighted by Gasteiger charge is 2.29. The fourth-order valence-electron chi connectivity index (χ4n) is 4.11. The highest BCUT2D eigenvalue weighted by Crippen LogP contribution is 2.46. The zero-order chi connectivity index (χ0) is 19.8. The third kappa shape index (κ3) is 2.99. The van der Waals surface area contributed by atoms with Crippen LogP contribution in [0.5, 0.6) is 28.7 Å². The van der Waals surface area contributed by atoms with Gasteiger partial charge in [-0.25, -0.2) is 0 Å². The van der Waals surface area contributed by atoms with Crippen molar-refractivity contribution in [3.05, 3.63) is 76.3 Å². The quantitative estimate of drug-likeness (QED) is 0.639. The molecule has 0 aliphatic heterocycles. The summed E-state index contributed by atoms with van der Waals surface area (Å²) in [5.74, 6) is 1.25. The number of hydrogen-bond donors (Lipinski definition) is 3. The van der Waals surface area contributed by atoms with Crippen molar-refractivity contribution in [2.24, 2.45) is 0 Å². The molecule has 3 aromatic carbocycles. The fraction of sp³-hybridized carbons (Fsp3) is 0.217. The summed E-state index contributed by atoms with van der Waals surface area (Å²) >= 11 is 0. The summed E-state index contributed by atoms with van der Waals surface area (Å²) in [6.07, 6.45) is 1.44. The molecule has 0 heterocycles. The van der Waals surface area contributed by atoms with Crippen molar-refractivity contribution in [3.63, 3.8) is 0 Å². The maximum absolute atomic E-state index is 10.2. The summed E-state index contributed by atoms with van der Waals surface area (Å²) < 4.78 is 10.9. The molecule has 0 radical (unpaired) electrons. The number of aryl methyl sites for hydroxylation is 2. The zero-order valence-electron chi connectivity index (χ0n) is 15.8. The van der Waals surface area contributed by atoms with E-state index in [-0.39, 0.29) is 23.2 Å². The third-order valence-electron chi connectivity index (χ3n) is 5.36. The third-order valence-corrected chi connectivity index (χ3v) is 5.36. The van der Waals surface area contributed by atoms with Gasteiger partial charge in [-0.15, -0.1) is 0 Å². The average molecular weight is 378 g/mol. The van der Waals surface area contributed by atoms with E-state index in [1.807, 2.05) is 18.2 Å². The number of aromatic hydroxyl groups is 3. The first kappa shape index (κ1) is 18.0. The zero-order valence-corrected chi connectivity index (χ0v) is 15.8. The van der Waals surface area contributed by atoms with E-state index in [2.05, 4.69) is 0 Å². The maximum atomic E-state index is 10.2. The molecule has 1 aliphatic carbocycles. The Morgan fingerprint density at radius 1 is 0.750 bits per heavy atom. The van der Waals surface area contributed by atoms with Crippen LogP contribution in [0.15, 0.2) is 48.5 Å². The molecule has 0 amide bonds. The van der Waals surface area contributed by atoms with Crippen molar-refractivity contribution in [1.29, 1.82) is 0 Å². The standard InChI is InChI=1S/C23H22O5/c1-27-20-11-15(5-8-19(20)26)22-18-7-6-16(24)9-13(18)3-4-14-10-17(25)12-21(28-2)23(14)22/h5-12,22,24-26H,3-4H2,1-2H3/t22-/m0/s1. The molecule has 3 N–H and O–H groups in total. The minimum Gasteiger partial charge on any atom is -0.508 e. The second-order valence-electron chi connectivity index (χ2n) is 6.97. The molecule has 0 fully saturated rings. The molecule has 0 saturated carbocycles. The van der Waals surface area contributed by atoms with Crippen LogP contribution in [0.4, 0.5) is 0 Å². The lowest BCUT2D eigenvalue weighted by atomic mass is 9.82. The van der Waals surface area contributed by atoms with Gasteiger partial charge in [0.2, 0.25) is 0 Å². The number of phenols is 3. The van der Waals surface area contributed by atoms with Gasteiger partial charge in [0.15, 0.2) is 11.5 Å². The summed E-state index contributed by atoms with van der Waals surface area (Å²) in [7, 11) is 3.11. The van der Waals surface area contributed by atoms with Crippen LogP contribution in [0.2, 0.25) is 0 Å². The van der Waals surface area contributed by atoms with Crippen LogP contribution in [-0.2, 0) is 12.8 Å². The van der Waals surface area contributed by atoms with Crippen LogP contribution in [0, 0.1) is 0 Å². The Hall–Kier alpha value is -3.34. The number of rotatable bonds is 3. The smallest absolute Gasteiger partial charge is 0.160 e. The number of benzene rings is 3. The van der Waals surface area contributed by atoms with Gasteiger partial charge in [-0.3, -0.25) is 0 Å². The van der Waals surface area contributed by atoms with Crippen molar-refractivity contribution >= 4 is 0 Å². The second kappa shape index (κ2) is 7.00. The molecule has 1 atom stereocenters. The molecule has 4 rings (SSSR count). The van der Waals surface area contributed by atoms with E-state index in [0.29, 0.717) is 17.9 Å². The molecule has 0 saturated heterocycles. The minimum absolute atomic E-state index is 0.0729. The first-order valence-electron chi connectivity index (χ1n) is 9.10. The average Bonchev–Trinajstić information content (AvgIpc) is 2.84. The molecule has 5 nitrogen and oxygen atoms in total. The van der Waals surface area contributed by atoms with E-state index in [1.165, 1.54) is 7.11 Å². The molecule has 28 heavy (non-hydrogen) atoms. The summed E-state index contributed by atoms with van der Waals surface area (Å²) in [6.45, 7) is 0. The minimum atomic E-state index is -0.196. The van der Waals surface area contributed by atoms with Crippen LogP contribution in [-0.4, -0.2) is 29.5 Å². The van der Waals surface area contributed by atoms with E-state index >= 15 is 0 Å². The second-order valence-corrected chi connectivity index (χ2v) is 6.97. The number of hydrogen-bond acceptors (Lipinski definition) is 5. The van der Waals surface area contributed by atoms with Crippen LogP contribution < -0.4 is 9.47 Å². The van der Waals surface area contributed by atoms with Crippen LogP contribution >= 0.6 is 0 Å². The molecule has 0 spiro atoms. The van der Waals surface area contributed by atoms with Gasteiger partial charge < -0.3 is 24.8 Å². The largest absolute Gasteiger partial charge is 0.508 e. The number of phenolic OH excluding ortho intramolecular Hbond substituents is 3. The van der Waals surface area contributed by atoms with Crippen LogP contribution in [0.25, 0.3) is 0 Å². The van der Waals surface area contributed by atoms with Gasteiger partial charge in [0.1, 0.15) is 17.2 Å². The van der Waals surface area contributed by atoms with E-state index in [1.54, 1.807) is 37.4 Å². The Morgan fingerprint density at radius 3 is 2.21 bits per heavy atom. The van der Waals surface area contributed by atoms with Gasteiger partial charge in [-0.1, -0.05) is 12.1 Å². The monoisotopic (exact) mass is 378 g/mol. The SMILES string of the molecule is COc1cc([C@H]2c3ccc(O)cc3CCc3cc(O)cc(OC)c32)ccc1O. The number of fused-ring (bicyclic) bond motifs is 2. The first-order valence-corrected chi connectivity index (χ1v) is 9.10. The summed E-state index contributed by atoms with van der Waals surface area (Å²) in [4.78, 5) is 0. The highest BCUT2D eigenvalue weighted by molar-refractivity contribution is 5.60. The Labute approximate surface area is 163 Å². The normalized spacial score (nSPS) is 15.3. The van der Waals surface area contributed by atoms with Crippen molar-refractivity contribution in [2.75, 3.05) is 14.2 Å². The van der Waals surface area contributed by atoms with E-state index in [9.17, 15) is 15.3 Å². The summed E-state index contributed by atoms with van der Waals surface area (Å²) in [5.41, 5.74) is 4.97. The topological polar surface area (TPSA) is 79.2 Å². The number of ether oxygens (including phenoxy) is 2. The molecule has 0 unspecified atom stereocenters. The van der Waals surface area contributed by atoms with Gasteiger partial charge in [-0.05, 0) is 65.4 Å². The first-order chi connectivity index (χ1) is 13.5. The van der Waals surface area contributed by atoms with Crippen LogP contribution in [0.1, 0.15) is 33.7 Å². The van der Waals surface area contributed by atoms with Gasteiger partial charge in [0.05, 0.1) is 14.2 Å². The lowest BCUT2D eigenvalue weighted by Gasteiger charge is -2.24. The Bertz CT molecular complexity index is 1040. The Balaban J connectivity index is 2.03. The molecule has 3 aromatic rings. The van der Waals surface area contributed by atoms with Crippen molar-refractivity contribution in [2.45, 2.75) is 18.8 Å².